The zero-order valence-electron chi connectivity index (χ0n) is 13.4. The van der Waals surface area contributed by atoms with Crippen molar-refractivity contribution >= 4 is 6.03 Å². The average molecular weight is 333 g/mol. The lowest BCUT2D eigenvalue weighted by Gasteiger charge is -2.24. The van der Waals surface area contributed by atoms with E-state index in [2.05, 4.69) is 15.8 Å². The second-order valence-corrected chi connectivity index (χ2v) is 5.84. The van der Waals surface area contributed by atoms with Gasteiger partial charge in [0.25, 0.3) is 0 Å². The van der Waals surface area contributed by atoms with Crippen molar-refractivity contribution in [2.24, 2.45) is 0 Å². The van der Waals surface area contributed by atoms with Crippen LogP contribution in [0.3, 0.4) is 0 Å². The van der Waals surface area contributed by atoms with E-state index in [0.717, 1.165) is 18.4 Å². The van der Waals surface area contributed by atoms with Gasteiger partial charge in [0.15, 0.2) is 0 Å². The fourth-order valence-corrected chi connectivity index (χ4v) is 2.79. The molecule has 1 aromatic heterocycles. The number of carbonyl (C=O) groups is 1. The monoisotopic (exact) mass is 333 g/mol. The summed E-state index contributed by atoms with van der Waals surface area (Å²) in [6.07, 6.45) is 1.69. The molecule has 2 aromatic rings. The van der Waals surface area contributed by atoms with Crippen molar-refractivity contribution in [3.8, 4) is 0 Å². The molecule has 0 unspecified atom stereocenters. The quantitative estimate of drug-likeness (QED) is 0.882. The molecule has 0 aliphatic carbocycles. The highest BCUT2D eigenvalue weighted by molar-refractivity contribution is 5.74. The molecule has 7 heteroatoms. The molecule has 1 aliphatic heterocycles. The Kier molecular flexibility index (Phi) is 5.10. The highest BCUT2D eigenvalue weighted by Gasteiger charge is 2.28. The van der Waals surface area contributed by atoms with Crippen LogP contribution < -0.4 is 10.6 Å². The van der Waals surface area contributed by atoms with Gasteiger partial charge < -0.3 is 19.9 Å². The lowest BCUT2D eigenvalue weighted by molar-refractivity contribution is 0.0807. The lowest BCUT2D eigenvalue weighted by Crippen LogP contribution is -2.42. The minimum atomic E-state index is -0.333. The molecule has 2 atom stereocenters. The van der Waals surface area contributed by atoms with Crippen LogP contribution in [0.15, 0.2) is 34.9 Å². The van der Waals surface area contributed by atoms with Crippen LogP contribution in [-0.4, -0.2) is 23.9 Å². The molecule has 1 aromatic carbocycles. The molecule has 2 N–H and O–H groups in total. The number of ether oxygens (including phenoxy) is 1. The molecule has 1 saturated heterocycles. The smallest absolute Gasteiger partial charge is 0.315 e. The van der Waals surface area contributed by atoms with Gasteiger partial charge in [-0.2, -0.15) is 0 Å². The molecule has 2 amide bonds. The van der Waals surface area contributed by atoms with Crippen LogP contribution in [-0.2, 0) is 11.3 Å². The second kappa shape index (κ2) is 7.44. The van der Waals surface area contributed by atoms with E-state index in [1.54, 1.807) is 25.1 Å². The van der Waals surface area contributed by atoms with E-state index in [1.807, 2.05) is 0 Å². The van der Waals surface area contributed by atoms with Crippen LogP contribution in [0.4, 0.5) is 9.18 Å². The summed E-state index contributed by atoms with van der Waals surface area (Å²) in [6, 6.07) is 7.21. The summed E-state index contributed by atoms with van der Waals surface area (Å²) in [5.41, 5.74) is 1.47. The van der Waals surface area contributed by atoms with Crippen LogP contribution in [0.2, 0.25) is 0 Å². The highest BCUT2D eigenvalue weighted by Crippen LogP contribution is 2.27. The number of rotatable bonds is 5. The number of urea groups is 1. The standard InChI is InChI=1S/C17H20FN3O3/c1-11-9-14(21-24-11)10-19-17(22)20-16(15-3-2-8-23-15)12-4-6-13(18)7-5-12/h4-7,9,15-16H,2-3,8,10H2,1H3,(H2,19,20,22)/t15-,16-/m1/s1. The summed E-state index contributed by atoms with van der Waals surface area (Å²) in [5.74, 6) is 0.381. The first-order chi connectivity index (χ1) is 11.6. The van der Waals surface area contributed by atoms with Crippen LogP contribution in [0.25, 0.3) is 0 Å². The van der Waals surface area contributed by atoms with Gasteiger partial charge in [-0.05, 0) is 37.5 Å². The fourth-order valence-electron chi connectivity index (χ4n) is 2.79. The molecule has 0 saturated carbocycles. The summed E-state index contributed by atoms with van der Waals surface area (Å²) < 4.78 is 23.8. The zero-order valence-corrected chi connectivity index (χ0v) is 13.4. The van der Waals surface area contributed by atoms with Crippen molar-refractivity contribution in [1.29, 1.82) is 0 Å². The lowest BCUT2D eigenvalue weighted by atomic mass is 9.99. The normalized spacial score (nSPS) is 18.3. The fraction of sp³-hybridized carbons (Fsp3) is 0.412. The molecule has 24 heavy (non-hydrogen) atoms. The summed E-state index contributed by atoms with van der Waals surface area (Å²) in [6.45, 7) is 2.73. The Morgan fingerprint density at radius 3 is 2.83 bits per heavy atom. The van der Waals surface area contributed by atoms with Crippen molar-refractivity contribution in [2.45, 2.75) is 38.5 Å². The predicted molar refractivity (Wildman–Crippen MR) is 84.7 cm³/mol. The number of benzene rings is 1. The van der Waals surface area contributed by atoms with Crippen molar-refractivity contribution in [1.82, 2.24) is 15.8 Å². The Bertz CT molecular complexity index is 681. The number of hydrogen-bond acceptors (Lipinski definition) is 4. The van der Waals surface area contributed by atoms with Crippen molar-refractivity contribution in [2.75, 3.05) is 6.61 Å². The molecule has 0 radical (unpaired) electrons. The SMILES string of the molecule is Cc1cc(CNC(=O)N[C@H](c2ccc(F)cc2)[C@H]2CCCO2)no1. The van der Waals surface area contributed by atoms with Crippen molar-refractivity contribution < 1.29 is 18.4 Å². The van der Waals surface area contributed by atoms with Gasteiger partial charge in [0, 0.05) is 12.7 Å². The molecule has 3 rings (SSSR count). The third-order valence-corrected chi connectivity index (χ3v) is 3.96. The summed E-state index contributed by atoms with van der Waals surface area (Å²) in [5, 5.41) is 9.49. The zero-order chi connectivity index (χ0) is 16.9. The molecule has 128 valence electrons. The third kappa shape index (κ3) is 4.11. The molecule has 6 nitrogen and oxygen atoms in total. The largest absolute Gasteiger partial charge is 0.376 e. The number of nitrogens with zero attached hydrogens (tertiary/aromatic N) is 1. The Balaban J connectivity index is 1.64. The first-order valence-electron chi connectivity index (χ1n) is 7.95. The Hall–Kier alpha value is -2.41. The maximum atomic E-state index is 13.2. The number of amides is 2. The second-order valence-electron chi connectivity index (χ2n) is 5.84. The van der Waals surface area contributed by atoms with Crippen LogP contribution >= 0.6 is 0 Å². The number of carbonyl (C=O) groups excluding carboxylic acids is 1. The predicted octanol–water partition coefficient (Wildman–Crippen LogP) is 2.84. The van der Waals surface area contributed by atoms with E-state index in [4.69, 9.17) is 9.26 Å². The average Bonchev–Trinajstić information content (AvgIpc) is 3.23. The maximum absolute atomic E-state index is 13.2. The number of hydrogen-bond donors (Lipinski definition) is 2. The van der Waals surface area contributed by atoms with Gasteiger partial charge in [-0.15, -0.1) is 0 Å². The van der Waals surface area contributed by atoms with Crippen molar-refractivity contribution in [3.63, 3.8) is 0 Å². The molecule has 2 heterocycles. The first-order valence-corrected chi connectivity index (χ1v) is 7.95. The van der Waals surface area contributed by atoms with Crippen LogP contribution in [0.1, 0.15) is 35.9 Å². The molecule has 0 bridgehead atoms. The maximum Gasteiger partial charge on any atom is 0.315 e. The molecule has 0 spiro atoms. The number of nitrogens with one attached hydrogen (secondary N) is 2. The van der Waals surface area contributed by atoms with Gasteiger partial charge in [0.05, 0.1) is 18.7 Å². The van der Waals surface area contributed by atoms with Crippen molar-refractivity contribution in [3.05, 3.63) is 53.2 Å². The molecule has 1 aliphatic rings. The molecular weight excluding hydrogens is 313 g/mol. The Labute approximate surface area is 139 Å². The summed E-state index contributed by atoms with van der Waals surface area (Å²) in [4.78, 5) is 12.2. The number of aromatic nitrogens is 1. The van der Waals surface area contributed by atoms with Gasteiger partial charge in [-0.25, -0.2) is 9.18 Å². The Morgan fingerprint density at radius 1 is 1.42 bits per heavy atom. The van der Waals surface area contributed by atoms with Gasteiger partial charge in [0.1, 0.15) is 17.3 Å². The molecule has 1 fully saturated rings. The first kappa shape index (κ1) is 16.4. The number of aryl methyl sites for hydroxylation is 1. The topological polar surface area (TPSA) is 76.4 Å². The van der Waals surface area contributed by atoms with E-state index in [1.165, 1.54) is 12.1 Å². The third-order valence-electron chi connectivity index (χ3n) is 3.96. The highest BCUT2D eigenvalue weighted by atomic mass is 19.1. The molecular formula is C17H20FN3O3. The van der Waals surface area contributed by atoms with Gasteiger partial charge in [-0.3, -0.25) is 0 Å². The summed E-state index contributed by atoms with van der Waals surface area (Å²) in [7, 11) is 0. The van der Waals surface area contributed by atoms with E-state index >= 15 is 0 Å². The minimum absolute atomic E-state index is 0.115. The Morgan fingerprint density at radius 2 is 2.21 bits per heavy atom. The number of halogens is 1. The van der Waals surface area contributed by atoms with Gasteiger partial charge in [-0.1, -0.05) is 17.3 Å². The van der Waals surface area contributed by atoms with Crippen LogP contribution in [0, 0.1) is 12.7 Å². The minimum Gasteiger partial charge on any atom is -0.376 e. The van der Waals surface area contributed by atoms with E-state index in [-0.39, 0.29) is 30.5 Å². The van der Waals surface area contributed by atoms with Gasteiger partial charge >= 0.3 is 6.03 Å². The van der Waals surface area contributed by atoms with E-state index in [9.17, 15) is 9.18 Å². The van der Waals surface area contributed by atoms with Gasteiger partial charge in [0.2, 0.25) is 0 Å². The van der Waals surface area contributed by atoms with Crippen LogP contribution in [0.5, 0.6) is 0 Å². The van der Waals surface area contributed by atoms with E-state index in [0.29, 0.717) is 18.1 Å². The van der Waals surface area contributed by atoms with E-state index < -0.39 is 0 Å². The summed E-state index contributed by atoms with van der Waals surface area (Å²) >= 11 is 0.